The van der Waals surface area contributed by atoms with Crippen molar-refractivity contribution in [2.75, 3.05) is 0 Å². The fraction of sp³-hybridized carbons (Fsp3) is 0. The molecule has 4 heterocycles. The predicted octanol–water partition coefficient (Wildman–Crippen LogP) is 11.8. The number of hydrogen-bond acceptors (Lipinski definition) is 5. The Morgan fingerprint density at radius 3 is 2.06 bits per heavy atom. The number of rotatable bonds is 4. The van der Waals surface area contributed by atoms with Gasteiger partial charge < -0.3 is 8.83 Å². The van der Waals surface area contributed by atoms with Gasteiger partial charge in [-0.2, -0.15) is 9.97 Å². The van der Waals surface area contributed by atoms with E-state index in [0.29, 0.717) is 38.8 Å². The highest BCUT2D eigenvalue weighted by Crippen LogP contribution is 2.39. The largest absolute Gasteiger partial charge is 0.456 e. The van der Waals surface area contributed by atoms with Crippen molar-refractivity contribution in [2.24, 2.45) is 0 Å². The van der Waals surface area contributed by atoms with Crippen molar-refractivity contribution in [3.8, 4) is 39.9 Å². The van der Waals surface area contributed by atoms with Gasteiger partial charge in [0.25, 0.3) is 0 Å². The van der Waals surface area contributed by atoms with E-state index in [4.69, 9.17) is 34.8 Å². The van der Waals surface area contributed by atoms with Gasteiger partial charge in [-0.1, -0.05) is 109 Å². The number of furan rings is 2. The normalized spacial score (nSPS) is 14.4. The maximum absolute atomic E-state index is 9.23. The number of para-hydroxylation sites is 3. The van der Waals surface area contributed by atoms with Gasteiger partial charge >= 0.3 is 0 Å². The van der Waals surface area contributed by atoms with Crippen LogP contribution in [0.4, 0.5) is 0 Å². The minimum Gasteiger partial charge on any atom is -0.456 e. The average molecular weight is 664 g/mol. The zero-order chi connectivity index (χ0) is 41.3. The molecule has 6 heteroatoms. The van der Waals surface area contributed by atoms with E-state index in [1.54, 1.807) is 22.8 Å². The van der Waals surface area contributed by atoms with E-state index < -0.39 is 42.3 Å². The molecule has 0 saturated carbocycles. The van der Waals surface area contributed by atoms with Gasteiger partial charge in [0.05, 0.1) is 23.4 Å². The highest BCUT2D eigenvalue weighted by atomic mass is 16.3. The van der Waals surface area contributed by atoms with Crippen LogP contribution in [0.2, 0.25) is 0 Å². The molecule has 6 nitrogen and oxygen atoms in total. The molecule has 0 amide bonds. The number of hydrogen-bond donors (Lipinski definition) is 0. The Morgan fingerprint density at radius 2 is 1.16 bits per heavy atom. The fourth-order valence-corrected chi connectivity index (χ4v) is 7.02. The Bertz CT molecular complexity index is 3660. The Balaban J connectivity index is 1.24. The van der Waals surface area contributed by atoms with E-state index in [9.17, 15) is 1.37 Å². The van der Waals surface area contributed by atoms with Crippen molar-refractivity contribution in [3.63, 3.8) is 0 Å². The Labute approximate surface area is 303 Å². The van der Waals surface area contributed by atoms with Crippen molar-refractivity contribution < 1.29 is 21.2 Å². The van der Waals surface area contributed by atoms with Gasteiger partial charge in [0.1, 0.15) is 22.3 Å². The molecule has 0 spiro atoms. The molecule has 0 aliphatic heterocycles. The van der Waals surface area contributed by atoms with Crippen LogP contribution >= 0.6 is 0 Å². The summed E-state index contributed by atoms with van der Waals surface area (Å²) in [6.07, 6.45) is 0. The van der Waals surface area contributed by atoms with Gasteiger partial charge in [-0.15, -0.1) is 0 Å². The predicted molar refractivity (Wildman–Crippen MR) is 205 cm³/mol. The van der Waals surface area contributed by atoms with Crippen LogP contribution in [0.15, 0.2) is 166 Å². The molecular formula is C45H26N4O2. The lowest BCUT2D eigenvalue weighted by Gasteiger charge is -2.11. The van der Waals surface area contributed by atoms with Gasteiger partial charge in [-0.3, -0.25) is 4.57 Å². The molecule has 11 rings (SSSR count). The summed E-state index contributed by atoms with van der Waals surface area (Å²) >= 11 is 0. The smallest absolute Gasteiger partial charge is 0.238 e. The summed E-state index contributed by atoms with van der Waals surface area (Å²) < 4.78 is 91.9. The molecular weight excluding hydrogens is 629 g/mol. The summed E-state index contributed by atoms with van der Waals surface area (Å²) in [4.78, 5) is 15.1. The first kappa shape index (κ1) is 20.5. The Hall–Kier alpha value is -7.05. The van der Waals surface area contributed by atoms with Crippen molar-refractivity contribution >= 4 is 65.7 Å². The van der Waals surface area contributed by atoms with E-state index >= 15 is 0 Å². The van der Waals surface area contributed by atoms with Crippen LogP contribution in [-0.2, 0) is 0 Å². The molecule has 0 aliphatic carbocycles. The van der Waals surface area contributed by atoms with Crippen molar-refractivity contribution in [2.45, 2.75) is 0 Å². The minimum absolute atomic E-state index is 0.0456. The molecule has 0 fully saturated rings. The highest BCUT2D eigenvalue weighted by molar-refractivity contribution is 6.12. The summed E-state index contributed by atoms with van der Waals surface area (Å²) in [5.41, 5.74) is 4.56. The summed E-state index contributed by atoms with van der Waals surface area (Å²) in [7, 11) is 0. The third-order valence-corrected chi connectivity index (χ3v) is 9.29. The molecule has 238 valence electrons. The first-order chi connectivity index (χ1) is 29.0. The minimum atomic E-state index is -0.527. The molecule has 7 aromatic carbocycles. The molecule has 0 unspecified atom stereocenters. The third-order valence-electron chi connectivity index (χ3n) is 9.29. The van der Waals surface area contributed by atoms with E-state index in [-0.39, 0.29) is 51.7 Å². The van der Waals surface area contributed by atoms with E-state index in [2.05, 4.69) is 0 Å². The van der Waals surface area contributed by atoms with Crippen LogP contribution in [-0.4, -0.2) is 19.5 Å². The van der Waals surface area contributed by atoms with Crippen LogP contribution in [0.25, 0.3) is 106 Å². The molecule has 51 heavy (non-hydrogen) atoms. The van der Waals surface area contributed by atoms with Gasteiger partial charge in [0.2, 0.25) is 5.95 Å². The van der Waals surface area contributed by atoms with Gasteiger partial charge in [0, 0.05) is 43.4 Å². The average Bonchev–Trinajstić information content (AvgIpc) is 3.95. The van der Waals surface area contributed by atoms with Crippen LogP contribution in [0.5, 0.6) is 0 Å². The fourth-order valence-electron chi connectivity index (χ4n) is 7.02. The summed E-state index contributed by atoms with van der Waals surface area (Å²) in [5.74, 6) is 0.572. The van der Waals surface area contributed by atoms with Gasteiger partial charge in [-0.25, -0.2) is 4.98 Å². The quantitative estimate of drug-likeness (QED) is 0.187. The van der Waals surface area contributed by atoms with Crippen molar-refractivity contribution in [3.05, 3.63) is 158 Å². The van der Waals surface area contributed by atoms with Gasteiger partial charge in [-0.05, 0) is 59.6 Å². The summed E-state index contributed by atoms with van der Waals surface area (Å²) in [6, 6.07) is 27.6. The maximum Gasteiger partial charge on any atom is 0.238 e. The molecule has 0 bridgehead atoms. The molecule has 0 N–H and O–H groups in total. The maximum atomic E-state index is 9.23. The lowest BCUT2D eigenvalue weighted by Crippen LogP contribution is -2.06. The standard InChI is InChI=1S/C45H26N4O2/c1-2-11-27(12-3-1)28-22-24-37-35(25-28)30-13-4-7-17-36(30)49(37)45-47-43(29-21-23-32-31-14-5-8-18-38(31)51-41(32)26-29)46-44(48-45)34-16-10-20-40-42(34)33-15-6-9-19-39(33)50-40/h1-26H/i1D,2D,3D,4D,7D,11D,12D,13D,17D. The lowest BCUT2D eigenvalue weighted by molar-refractivity contribution is 0.668. The van der Waals surface area contributed by atoms with Gasteiger partial charge in [0.15, 0.2) is 11.6 Å². The van der Waals surface area contributed by atoms with Crippen molar-refractivity contribution in [1.82, 2.24) is 19.5 Å². The first-order valence-corrected chi connectivity index (χ1v) is 16.2. The summed E-state index contributed by atoms with van der Waals surface area (Å²) in [6.45, 7) is 0. The van der Waals surface area contributed by atoms with Crippen LogP contribution in [0.1, 0.15) is 12.3 Å². The second-order valence-electron chi connectivity index (χ2n) is 12.2. The van der Waals surface area contributed by atoms with Crippen LogP contribution in [0.3, 0.4) is 0 Å². The van der Waals surface area contributed by atoms with E-state index in [1.165, 1.54) is 0 Å². The summed E-state index contributed by atoms with van der Waals surface area (Å²) in [5, 5.41) is 3.96. The monoisotopic (exact) mass is 663 g/mol. The van der Waals surface area contributed by atoms with Crippen LogP contribution in [0, 0.1) is 0 Å². The van der Waals surface area contributed by atoms with Crippen molar-refractivity contribution in [1.29, 1.82) is 0 Å². The SMILES string of the molecule is [2H]c1c([2H])c([2H])c(-c2ccc3c(c2)c2c([2H])c([2H])c([2H])c([2H])c2n3-c2nc(-c3ccc4c(c3)oc3ccccc34)nc(-c3cccc4oc5ccccc5c34)n2)c([2H])c1[2H]. The lowest BCUT2D eigenvalue weighted by atomic mass is 10.0. The number of nitrogens with zero attached hydrogens (tertiary/aromatic N) is 4. The molecule has 11 aromatic rings. The molecule has 4 aromatic heterocycles. The third kappa shape index (κ3) is 4.26. The number of benzene rings is 7. The topological polar surface area (TPSA) is 69.9 Å². The zero-order valence-corrected chi connectivity index (χ0v) is 26.4. The number of aromatic nitrogens is 4. The first-order valence-electron chi connectivity index (χ1n) is 20.7. The Morgan fingerprint density at radius 1 is 0.451 bits per heavy atom. The second kappa shape index (κ2) is 10.7. The molecule has 0 radical (unpaired) electrons. The second-order valence-corrected chi connectivity index (χ2v) is 12.2. The van der Waals surface area contributed by atoms with E-state index in [0.717, 1.165) is 27.1 Å². The molecule has 0 aliphatic rings. The van der Waals surface area contributed by atoms with Crippen LogP contribution < -0.4 is 0 Å². The Kier molecular flexibility index (Phi) is 4.30. The number of fused-ring (bicyclic) bond motifs is 9. The molecule has 0 atom stereocenters. The molecule has 0 saturated heterocycles. The zero-order valence-electron chi connectivity index (χ0n) is 35.4. The highest BCUT2D eigenvalue weighted by Gasteiger charge is 2.21. The van der Waals surface area contributed by atoms with E-state index in [1.807, 2.05) is 84.9 Å².